The monoisotopic (exact) mass is 336 g/mol. The van der Waals surface area contributed by atoms with Crippen LogP contribution in [0, 0.1) is 0 Å². The zero-order chi connectivity index (χ0) is 17.9. The van der Waals surface area contributed by atoms with E-state index in [2.05, 4.69) is 61.9 Å². The van der Waals surface area contributed by atoms with E-state index in [4.69, 9.17) is 4.74 Å². The summed E-state index contributed by atoms with van der Waals surface area (Å²) in [7, 11) is 3.57. The smallest absolute Gasteiger partial charge is 0.337 e. The number of hydrogen-bond acceptors (Lipinski definition) is 4. The summed E-state index contributed by atoms with van der Waals surface area (Å²) in [5.74, 6) is -0.285. The Morgan fingerprint density at radius 2 is 1.72 bits per heavy atom. The number of para-hydroxylation sites is 1. The summed E-state index contributed by atoms with van der Waals surface area (Å²) in [6.45, 7) is 6.73. The molecule has 130 valence electrons. The van der Waals surface area contributed by atoms with Gasteiger partial charge in [0.05, 0.1) is 24.8 Å². The second-order valence-corrected chi connectivity index (χ2v) is 7.87. The van der Waals surface area contributed by atoms with Gasteiger partial charge in [-0.2, -0.15) is 0 Å². The van der Waals surface area contributed by atoms with E-state index in [0.717, 1.165) is 0 Å². The van der Waals surface area contributed by atoms with Gasteiger partial charge in [-0.3, -0.25) is 0 Å². The lowest BCUT2D eigenvalue weighted by Crippen LogP contribution is -2.42. The maximum Gasteiger partial charge on any atom is 0.337 e. The van der Waals surface area contributed by atoms with Crippen LogP contribution in [0.15, 0.2) is 42.5 Å². The van der Waals surface area contributed by atoms with Crippen molar-refractivity contribution in [3.8, 4) is 0 Å². The molecule has 4 heteroatoms. The molecule has 2 unspecified atom stereocenters. The van der Waals surface area contributed by atoms with Crippen molar-refractivity contribution < 1.29 is 9.53 Å². The minimum absolute atomic E-state index is 0.0285. The highest BCUT2D eigenvalue weighted by Crippen LogP contribution is 2.59. The molecule has 4 nitrogen and oxygen atoms in total. The Kier molecular flexibility index (Phi) is 3.36. The molecule has 0 saturated heterocycles. The molecule has 0 aromatic heterocycles. The summed E-state index contributed by atoms with van der Waals surface area (Å²) in [6.07, 6.45) is 0. The Labute approximate surface area is 149 Å². The molecule has 2 aromatic rings. The van der Waals surface area contributed by atoms with Crippen molar-refractivity contribution in [1.29, 1.82) is 0 Å². The van der Waals surface area contributed by atoms with Gasteiger partial charge >= 0.3 is 5.97 Å². The fourth-order valence-corrected chi connectivity index (χ4v) is 4.43. The summed E-state index contributed by atoms with van der Waals surface area (Å²) in [5, 5.41) is 0. The number of likely N-dealkylation sites (N-methyl/N-ethyl adjacent to an activating group) is 1. The summed E-state index contributed by atoms with van der Waals surface area (Å²) in [6, 6.07) is 15.0. The number of benzene rings is 2. The summed E-state index contributed by atoms with van der Waals surface area (Å²) in [5.41, 5.74) is 5.60. The lowest BCUT2D eigenvalue weighted by Gasteiger charge is -2.39. The Morgan fingerprint density at radius 1 is 1.00 bits per heavy atom. The number of anilines is 2. The highest BCUT2D eigenvalue weighted by molar-refractivity contribution is 5.91. The molecule has 0 saturated carbocycles. The summed E-state index contributed by atoms with van der Waals surface area (Å²) < 4.78 is 4.92. The quantitative estimate of drug-likeness (QED) is 0.726. The number of hydrogen-bond donors (Lipinski definition) is 0. The molecule has 0 bridgehead atoms. The second-order valence-electron chi connectivity index (χ2n) is 7.87. The average Bonchev–Trinajstić information content (AvgIpc) is 3.07. The molecule has 2 aromatic carbocycles. The Morgan fingerprint density at radius 3 is 2.40 bits per heavy atom. The van der Waals surface area contributed by atoms with Crippen LogP contribution in [0.25, 0.3) is 0 Å². The van der Waals surface area contributed by atoms with E-state index in [1.54, 1.807) is 0 Å². The standard InChI is InChI=1S/C21H24N2O2/c1-21(2,3)23-17-9-7-6-8-14(17)18-19(23)15-12-13(20(24)25-5)10-11-16(15)22(18)4/h6-12,18-19H,1-5H3. The SMILES string of the molecule is COC(=O)c1ccc2c(c1)C1C(c3ccccc3N1C(C)(C)C)N2C. The average molecular weight is 336 g/mol. The van der Waals surface area contributed by atoms with Gasteiger partial charge in [-0.05, 0) is 45.0 Å². The van der Waals surface area contributed by atoms with Gasteiger partial charge in [-0.15, -0.1) is 0 Å². The molecule has 0 N–H and O–H groups in total. The third kappa shape index (κ3) is 2.16. The largest absolute Gasteiger partial charge is 0.465 e. The zero-order valence-electron chi connectivity index (χ0n) is 15.4. The number of carbonyl (C=O) groups excluding carboxylic acids is 1. The van der Waals surface area contributed by atoms with Gasteiger partial charge < -0.3 is 14.5 Å². The highest BCUT2D eigenvalue weighted by atomic mass is 16.5. The molecule has 2 heterocycles. The zero-order valence-corrected chi connectivity index (χ0v) is 15.4. The fraction of sp³-hybridized carbons (Fsp3) is 0.381. The van der Waals surface area contributed by atoms with E-state index in [1.165, 1.54) is 29.6 Å². The van der Waals surface area contributed by atoms with Gasteiger partial charge in [-0.1, -0.05) is 18.2 Å². The minimum Gasteiger partial charge on any atom is -0.465 e. The molecule has 0 aliphatic carbocycles. The van der Waals surface area contributed by atoms with E-state index < -0.39 is 0 Å². The Hall–Kier alpha value is -2.49. The fourth-order valence-electron chi connectivity index (χ4n) is 4.43. The first-order valence-corrected chi connectivity index (χ1v) is 8.68. The lowest BCUT2D eigenvalue weighted by atomic mass is 9.96. The van der Waals surface area contributed by atoms with Crippen molar-refractivity contribution in [2.45, 2.75) is 38.4 Å². The van der Waals surface area contributed by atoms with Gasteiger partial charge in [0.15, 0.2) is 0 Å². The molecule has 0 fully saturated rings. The number of nitrogens with zero attached hydrogens (tertiary/aromatic N) is 2. The highest BCUT2D eigenvalue weighted by Gasteiger charge is 2.50. The van der Waals surface area contributed by atoms with Crippen LogP contribution >= 0.6 is 0 Å². The van der Waals surface area contributed by atoms with Crippen molar-refractivity contribution in [3.05, 3.63) is 59.2 Å². The third-order valence-electron chi connectivity index (χ3n) is 5.38. The van der Waals surface area contributed by atoms with Crippen LogP contribution in [0.1, 0.15) is 54.3 Å². The van der Waals surface area contributed by atoms with E-state index in [-0.39, 0.29) is 23.6 Å². The Bertz CT molecular complexity index is 853. The molecule has 2 atom stereocenters. The normalized spacial score (nSPS) is 21.0. The molecular weight excluding hydrogens is 312 g/mol. The maximum atomic E-state index is 12.0. The molecule has 0 amide bonds. The van der Waals surface area contributed by atoms with Gasteiger partial charge in [0, 0.05) is 35.1 Å². The van der Waals surface area contributed by atoms with Crippen LogP contribution in [-0.2, 0) is 4.74 Å². The molecular formula is C21H24N2O2. The van der Waals surface area contributed by atoms with Crippen molar-refractivity contribution in [1.82, 2.24) is 0 Å². The van der Waals surface area contributed by atoms with Gasteiger partial charge in [0.25, 0.3) is 0 Å². The van der Waals surface area contributed by atoms with Gasteiger partial charge in [-0.25, -0.2) is 4.79 Å². The van der Waals surface area contributed by atoms with Crippen molar-refractivity contribution >= 4 is 17.3 Å². The van der Waals surface area contributed by atoms with Crippen molar-refractivity contribution in [2.75, 3.05) is 24.0 Å². The van der Waals surface area contributed by atoms with E-state index >= 15 is 0 Å². The van der Waals surface area contributed by atoms with E-state index in [9.17, 15) is 4.79 Å². The molecule has 4 rings (SSSR count). The van der Waals surface area contributed by atoms with Crippen molar-refractivity contribution in [2.24, 2.45) is 0 Å². The number of carbonyl (C=O) groups is 1. The van der Waals surface area contributed by atoms with E-state index in [0.29, 0.717) is 5.56 Å². The Balaban J connectivity index is 1.92. The predicted octanol–water partition coefficient (Wildman–Crippen LogP) is 4.32. The van der Waals surface area contributed by atoms with Crippen LogP contribution in [0.5, 0.6) is 0 Å². The first kappa shape index (κ1) is 16.0. The minimum atomic E-state index is -0.285. The third-order valence-corrected chi connectivity index (χ3v) is 5.38. The predicted molar refractivity (Wildman–Crippen MR) is 100 cm³/mol. The number of ether oxygens (including phenoxy) is 1. The van der Waals surface area contributed by atoms with Crippen LogP contribution in [0.2, 0.25) is 0 Å². The number of fused-ring (bicyclic) bond motifs is 5. The second kappa shape index (κ2) is 5.25. The first-order chi connectivity index (χ1) is 11.8. The van der Waals surface area contributed by atoms with Crippen molar-refractivity contribution in [3.63, 3.8) is 0 Å². The number of esters is 1. The number of rotatable bonds is 1. The van der Waals surface area contributed by atoms with Crippen LogP contribution in [-0.4, -0.2) is 25.7 Å². The first-order valence-electron chi connectivity index (χ1n) is 8.68. The number of methoxy groups -OCH3 is 1. The molecule has 0 radical (unpaired) electrons. The van der Waals surface area contributed by atoms with Crippen LogP contribution < -0.4 is 9.80 Å². The van der Waals surface area contributed by atoms with Gasteiger partial charge in [0.1, 0.15) is 0 Å². The van der Waals surface area contributed by atoms with E-state index in [1.807, 2.05) is 18.2 Å². The maximum absolute atomic E-state index is 12.0. The molecule has 0 spiro atoms. The van der Waals surface area contributed by atoms with Gasteiger partial charge in [0.2, 0.25) is 0 Å². The molecule has 2 aliphatic rings. The molecule has 25 heavy (non-hydrogen) atoms. The summed E-state index contributed by atoms with van der Waals surface area (Å²) in [4.78, 5) is 16.9. The molecule has 2 aliphatic heterocycles. The lowest BCUT2D eigenvalue weighted by molar-refractivity contribution is 0.0600. The van der Waals surface area contributed by atoms with Crippen LogP contribution in [0.4, 0.5) is 11.4 Å². The topological polar surface area (TPSA) is 32.8 Å². The van der Waals surface area contributed by atoms with Crippen LogP contribution in [0.3, 0.4) is 0 Å². The summed E-state index contributed by atoms with van der Waals surface area (Å²) >= 11 is 0.